The number of aliphatic carboxylic acids is 1. The molecule has 0 radical (unpaired) electrons. The fourth-order valence-corrected chi connectivity index (χ4v) is 2.26. The van der Waals surface area contributed by atoms with Gasteiger partial charge in [-0.2, -0.15) is 0 Å². The van der Waals surface area contributed by atoms with E-state index in [0.29, 0.717) is 17.1 Å². The van der Waals surface area contributed by atoms with Gasteiger partial charge in [0.2, 0.25) is 0 Å². The average Bonchev–Trinajstić information content (AvgIpc) is 2.64. The van der Waals surface area contributed by atoms with Gasteiger partial charge in [-0.05, 0) is 41.8 Å². The zero-order valence-corrected chi connectivity index (χ0v) is 14.2. The van der Waals surface area contributed by atoms with E-state index < -0.39 is 17.9 Å². The van der Waals surface area contributed by atoms with Crippen LogP contribution < -0.4 is 14.8 Å². The molecule has 1 amide bonds. The molecule has 0 fully saturated rings. The van der Waals surface area contributed by atoms with E-state index in [2.05, 4.69) is 12.2 Å². The normalized spacial score (nSPS) is 11.4. The molecule has 0 saturated heterocycles. The Labute approximate surface area is 146 Å². The van der Waals surface area contributed by atoms with Gasteiger partial charge in [-0.25, -0.2) is 4.79 Å². The van der Waals surface area contributed by atoms with E-state index >= 15 is 0 Å². The van der Waals surface area contributed by atoms with E-state index in [9.17, 15) is 14.7 Å². The minimum Gasteiger partial charge on any atom is -0.497 e. The van der Waals surface area contributed by atoms with Gasteiger partial charge >= 0.3 is 5.97 Å². The van der Waals surface area contributed by atoms with Crippen molar-refractivity contribution in [1.29, 1.82) is 0 Å². The van der Waals surface area contributed by atoms with Crippen LogP contribution >= 0.6 is 0 Å². The number of methoxy groups -OCH3 is 1. The molecule has 1 atom stereocenters. The van der Waals surface area contributed by atoms with Crippen LogP contribution in [0.4, 0.5) is 0 Å². The molecule has 0 aromatic heterocycles. The molecule has 2 aromatic rings. The van der Waals surface area contributed by atoms with Crippen molar-refractivity contribution in [2.45, 2.75) is 19.4 Å². The summed E-state index contributed by atoms with van der Waals surface area (Å²) in [4.78, 5) is 23.5. The molecule has 0 saturated carbocycles. The maximum atomic E-state index is 12.0. The summed E-state index contributed by atoms with van der Waals surface area (Å²) in [7, 11) is 1.52. The van der Waals surface area contributed by atoms with E-state index in [0.717, 1.165) is 6.42 Å². The molecule has 132 valence electrons. The Morgan fingerprint density at radius 1 is 1.04 bits per heavy atom. The monoisotopic (exact) mass is 343 g/mol. The van der Waals surface area contributed by atoms with Crippen molar-refractivity contribution < 1.29 is 24.2 Å². The molecule has 6 nitrogen and oxygen atoms in total. The maximum absolute atomic E-state index is 12.0. The number of benzene rings is 2. The molecule has 6 heteroatoms. The number of carbonyl (C=O) groups excluding carboxylic acids is 1. The first kappa shape index (κ1) is 18.3. The van der Waals surface area contributed by atoms with Crippen molar-refractivity contribution >= 4 is 11.9 Å². The van der Waals surface area contributed by atoms with Gasteiger partial charge in [0.1, 0.15) is 11.5 Å². The van der Waals surface area contributed by atoms with Crippen molar-refractivity contribution in [3.05, 3.63) is 59.7 Å². The summed E-state index contributed by atoms with van der Waals surface area (Å²) in [5.41, 5.74) is 1.62. The van der Waals surface area contributed by atoms with Crippen LogP contribution in [0.15, 0.2) is 48.5 Å². The van der Waals surface area contributed by atoms with Crippen molar-refractivity contribution in [3.63, 3.8) is 0 Å². The van der Waals surface area contributed by atoms with Crippen LogP contribution in [0.3, 0.4) is 0 Å². The molecule has 2 aromatic carbocycles. The first-order chi connectivity index (χ1) is 12.0. The number of nitrogens with one attached hydrogen (secondary N) is 1. The Hall–Kier alpha value is -3.02. The fraction of sp³-hybridized carbons (Fsp3) is 0.263. The molecule has 0 bridgehead atoms. The van der Waals surface area contributed by atoms with Crippen LogP contribution in [-0.4, -0.2) is 30.7 Å². The van der Waals surface area contributed by atoms with E-state index in [1.807, 2.05) is 12.1 Å². The van der Waals surface area contributed by atoms with Crippen LogP contribution in [0.1, 0.15) is 24.1 Å². The lowest BCUT2D eigenvalue weighted by molar-refractivity contribution is -0.142. The second kappa shape index (κ2) is 8.73. The largest absolute Gasteiger partial charge is 0.497 e. The van der Waals surface area contributed by atoms with Crippen molar-refractivity contribution in [2.24, 2.45) is 0 Å². The number of carboxylic acids is 1. The highest BCUT2D eigenvalue weighted by atomic mass is 16.5. The first-order valence-corrected chi connectivity index (χ1v) is 7.91. The Kier molecular flexibility index (Phi) is 6.39. The van der Waals surface area contributed by atoms with Gasteiger partial charge in [-0.3, -0.25) is 4.79 Å². The third-order valence-corrected chi connectivity index (χ3v) is 3.70. The molecule has 2 rings (SSSR count). The van der Waals surface area contributed by atoms with Crippen LogP contribution in [0, 0.1) is 0 Å². The third-order valence-electron chi connectivity index (χ3n) is 3.70. The van der Waals surface area contributed by atoms with Crippen LogP contribution in [0.2, 0.25) is 0 Å². The molecule has 0 heterocycles. The molecule has 0 spiro atoms. The quantitative estimate of drug-likeness (QED) is 0.769. The molecule has 0 aliphatic carbocycles. The summed E-state index contributed by atoms with van der Waals surface area (Å²) < 4.78 is 10.4. The first-order valence-electron chi connectivity index (χ1n) is 7.91. The number of carboxylic acid groups (broad SMARTS) is 1. The lowest BCUT2D eigenvalue weighted by Crippen LogP contribution is -2.36. The number of ether oxygens (including phenoxy) is 2. The molecular weight excluding hydrogens is 322 g/mol. The third kappa shape index (κ3) is 5.24. The van der Waals surface area contributed by atoms with Crippen molar-refractivity contribution in [3.8, 4) is 11.5 Å². The minimum absolute atomic E-state index is 0.259. The number of hydrogen-bond donors (Lipinski definition) is 2. The maximum Gasteiger partial charge on any atom is 0.330 e. The summed E-state index contributed by atoms with van der Waals surface area (Å²) >= 11 is 0. The van der Waals surface area contributed by atoms with E-state index in [1.54, 1.807) is 36.4 Å². The van der Waals surface area contributed by atoms with E-state index in [-0.39, 0.29) is 6.61 Å². The van der Waals surface area contributed by atoms with Gasteiger partial charge in [0, 0.05) is 0 Å². The number of amides is 1. The molecule has 25 heavy (non-hydrogen) atoms. The Balaban J connectivity index is 1.95. The van der Waals surface area contributed by atoms with Gasteiger partial charge in [-0.1, -0.05) is 31.2 Å². The van der Waals surface area contributed by atoms with Crippen molar-refractivity contribution in [2.75, 3.05) is 13.7 Å². The van der Waals surface area contributed by atoms with Gasteiger partial charge in [0.15, 0.2) is 12.6 Å². The Morgan fingerprint density at radius 2 is 1.64 bits per heavy atom. The molecule has 1 unspecified atom stereocenters. The summed E-state index contributed by atoms with van der Waals surface area (Å²) in [6.07, 6.45) is 0.920. The van der Waals surface area contributed by atoms with Gasteiger partial charge in [-0.15, -0.1) is 0 Å². The molecule has 0 aliphatic heterocycles. The summed E-state index contributed by atoms with van der Waals surface area (Å²) in [5.74, 6) is -0.490. The van der Waals surface area contributed by atoms with Gasteiger partial charge in [0.25, 0.3) is 5.91 Å². The molecule has 0 aliphatic rings. The van der Waals surface area contributed by atoms with Gasteiger partial charge in [0.05, 0.1) is 7.11 Å². The highest BCUT2D eigenvalue weighted by molar-refractivity contribution is 5.85. The van der Waals surface area contributed by atoms with Crippen LogP contribution in [0.25, 0.3) is 0 Å². The Bertz CT molecular complexity index is 710. The van der Waals surface area contributed by atoms with Crippen LogP contribution in [0.5, 0.6) is 11.5 Å². The predicted molar refractivity (Wildman–Crippen MR) is 92.8 cm³/mol. The highest BCUT2D eigenvalue weighted by Crippen LogP contribution is 2.18. The number of aryl methyl sites for hydroxylation is 1. The standard InChI is InChI=1S/C19H21NO5/c1-3-13-4-8-16(9-5-13)25-12-17(21)20-18(19(22)23)14-6-10-15(24-2)11-7-14/h4-11,18H,3,12H2,1-2H3,(H,20,21)(H,22,23). The number of hydrogen-bond acceptors (Lipinski definition) is 4. The SMILES string of the molecule is CCc1ccc(OCC(=O)NC(C(=O)O)c2ccc(OC)cc2)cc1. The number of rotatable bonds is 8. The molecular formula is C19H21NO5. The highest BCUT2D eigenvalue weighted by Gasteiger charge is 2.22. The summed E-state index contributed by atoms with van der Waals surface area (Å²) in [6, 6.07) is 12.7. The topological polar surface area (TPSA) is 84.9 Å². The van der Waals surface area contributed by atoms with Gasteiger partial charge < -0.3 is 19.9 Å². The van der Waals surface area contributed by atoms with E-state index in [4.69, 9.17) is 9.47 Å². The fourth-order valence-electron chi connectivity index (χ4n) is 2.26. The average molecular weight is 343 g/mol. The lowest BCUT2D eigenvalue weighted by atomic mass is 10.1. The Morgan fingerprint density at radius 3 is 2.16 bits per heavy atom. The van der Waals surface area contributed by atoms with Crippen molar-refractivity contribution in [1.82, 2.24) is 5.32 Å². The zero-order chi connectivity index (χ0) is 18.2. The second-order valence-electron chi connectivity index (χ2n) is 5.40. The zero-order valence-electron chi connectivity index (χ0n) is 14.2. The minimum atomic E-state index is -1.15. The predicted octanol–water partition coefficient (Wildman–Crippen LogP) is 2.58. The van der Waals surface area contributed by atoms with Crippen LogP contribution in [-0.2, 0) is 16.0 Å². The van der Waals surface area contributed by atoms with E-state index in [1.165, 1.54) is 12.7 Å². The number of carbonyl (C=O) groups is 2. The summed E-state index contributed by atoms with van der Waals surface area (Å²) in [5, 5.41) is 11.8. The summed E-state index contributed by atoms with van der Waals surface area (Å²) in [6.45, 7) is 1.79. The smallest absolute Gasteiger partial charge is 0.330 e. The molecule has 2 N–H and O–H groups in total. The second-order valence-corrected chi connectivity index (χ2v) is 5.40. The lowest BCUT2D eigenvalue weighted by Gasteiger charge is -2.15.